The van der Waals surface area contributed by atoms with Gasteiger partial charge in [-0.2, -0.15) is 0 Å². The average Bonchev–Trinajstić information content (AvgIpc) is 3.36. The van der Waals surface area contributed by atoms with E-state index in [9.17, 15) is 14.7 Å². The number of methoxy groups -OCH3 is 1. The van der Waals surface area contributed by atoms with E-state index in [-0.39, 0.29) is 18.5 Å². The summed E-state index contributed by atoms with van der Waals surface area (Å²) in [5, 5.41) is 15.8. The number of rotatable bonds is 6. The number of ether oxygens (including phenoxy) is 2. The second-order valence-corrected chi connectivity index (χ2v) is 10.9. The van der Waals surface area contributed by atoms with E-state index >= 15 is 0 Å². The zero-order chi connectivity index (χ0) is 26.0. The first-order valence-electron chi connectivity index (χ1n) is 12.7. The Morgan fingerprint density at radius 2 is 2.03 bits per heavy atom. The molecule has 2 fully saturated rings. The molecule has 8 heteroatoms. The number of likely N-dealkylation sites (N-methyl/N-ethyl adjacent to an activating group) is 1. The highest BCUT2D eigenvalue weighted by Gasteiger charge is 2.77. The summed E-state index contributed by atoms with van der Waals surface area (Å²) in [5.74, 6) is -0.0430. The molecule has 1 aromatic rings. The minimum atomic E-state index is -1.58. The second kappa shape index (κ2) is 8.35. The van der Waals surface area contributed by atoms with Gasteiger partial charge in [0.25, 0.3) is 0 Å². The van der Waals surface area contributed by atoms with Crippen molar-refractivity contribution in [2.75, 3.05) is 38.7 Å². The van der Waals surface area contributed by atoms with Crippen LogP contribution in [0.4, 0.5) is 5.69 Å². The lowest BCUT2D eigenvalue weighted by Crippen LogP contribution is -2.81. The Morgan fingerprint density at radius 3 is 2.67 bits per heavy atom. The van der Waals surface area contributed by atoms with E-state index in [1.54, 1.807) is 14.0 Å². The molecule has 1 saturated carbocycles. The average molecular weight is 496 g/mol. The minimum Gasteiger partial charge on any atom is -0.497 e. The number of hydrogen-bond donors (Lipinski definition) is 2. The highest BCUT2D eigenvalue weighted by Crippen LogP contribution is 2.67. The van der Waals surface area contributed by atoms with Crippen LogP contribution in [0, 0.1) is 5.41 Å². The molecule has 2 N–H and O–H groups in total. The Morgan fingerprint density at radius 1 is 1.28 bits per heavy atom. The largest absolute Gasteiger partial charge is 0.497 e. The van der Waals surface area contributed by atoms with Crippen molar-refractivity contribution in [3.63, 3.8) is 0 Å². The second-order valence-electron chi connectivity index (χ2n) is 10.9. The molecule has 6 atom stereocenters. The number of fused-ring (bicyclic) bond motifs is 1. The van der Waals surface area contributed by atoms with Crippen molar-refractivity contribution in [2.45, 2.75) is 62.8 Å². The van der Waals surface area contributed by atoms with Crippen molar-refractivity contribution in [2.24, 2.45) is 5.41 Å². The summed E-state index contributed by atoms with van der Waals surface area (Å²) in [6, 6.07) is 5.71. The smallest absolute Gasteiger partial charge is 0.303 e. The molecule has 0 radical (unpaired) electrons. The number of carbonyl (C=O) groups is 2. The highest BCUT2D eigenvalue weighted by atomic mass is 16.6. The number of carbonyl (C=O) groups excluding carboxylic acids is 2. The number of benzene rings is 1. The molecule has 4 aliphatic rings. The summed E-state index contributed by atoms with van der Waals surface area (Å²) in [5.41, 5.74) is -0.134. The van der Waals surface area contributed by atoms with Gasteiger partial charge in [-0.25, -0.2) is 0 Å². The predicted octanol–water partition coefficient (Wildman–Crippen LogP) is 2.16. The van der Waals surface area contributed by atoms with Crippen molar-refractivity contribution in [1.29, 1.82) is 0 Å². The van der Waals surface area contributed by atoms with Gasteiger partial charge in [-0.15, -0.1) is 0 Å². The fourth-order valence-electron chi connectivity index (χ4n) is 8.02. The number of amides is 1. The van der Waals surface area contributed by atoms with E-state index in [1.165, 1.54) is 12.5 Å². The van der Waals surface area contributed by atoms with E-state index in [2.05, 4.69) is 46.8 Å². The first-order chi connectivity index (χ1) is 17.1. The van der Waals surface area contributed by atoms with Crippen LogP contribution in [0.5, 0.6) is 5.75 Å². The molecule has 1 saturated heterocycles. The number of nitrogens with zero attached hydrogens (tertiary/aromatic N) is 2. The van der Waals surface area contributed by atoms with Gasteiger partial charge in [-0.1, -0.05) is 31.7 Å². The van der Waals surface area contributed by atoms with Crippen molar-refractivity contribution in [3.8, 4) is 5.75 Å². The number of nitrogens with one attached hydrogen (secondary N) is 1. The predicted molar refractivity (Wildman–Crippen MR) is 137 cm³/mol. The zero-order valence-electron chi connectivity index (χ0n) is 21.8. The molecule has 1 aromatic carbocycles. The van der Waals surface area contributed by atoms with E-state index in [1.807, 2.05) is 19.2 Å². The lowest BCUT2D eigenvalue weighted by atomic mass is 9.47. The zero-order valence-corrected chi connectivity index (χ0v) is 21.8. The van der Waals surface area contributed by atoms with Gasteiger partial charge in [0.05, 0.1) is 19.7 Å². The van der Waals surface area contributed by atoms with Crippen LogP contribution in [-0.4, -0.2) is 79.5 Å². The van der Waals surface area contributed by atoms with Crippen LogP contribution >= 0.6 is 0 Å². The van der Waals surface area contributed by atoms with Gasteiger partial charge in [-0.3, -0.25) is 14.5 Å². The lowest BCUT2D eigenvalue weighted by Gasteiger charge is -2.64. The molecular weight excluding hydrogens is 458 g/mol. The summed E-state index contributed by atoms with van der Waals surface area (Å²) in [6.07, 6.45) is 4.95. The van der Waals surface area contributed by atoms with E-state index in [4.69, 9.17) is 9.47 Å². The summed E-state index contributed by atoms with van der Waals surface area (Å²) >= 11 is 0. The normalized spacial score (nSPS) is 36.1. The SMILES string of the molecule is C=C(C)C(=O)NCC1(O)[C@H](OC(C)=O)[C@]2(CC)C=CCN3CC[C@@]4(c5ccc(OC)cc5N(C)[C@@H]14)[C@@H]32. The summed E-state index contributed by atoms with van der Waals surface area (Å²) in [6.45, 7) is 10.5. The van der Waals surface area contributed by atoms with E-state index in [0.717, 1.165) is 30.9 Å². The molecule has 0 bridgehead atoms. The molecule has 1 aliphatic carbocycles. The van der Waals surface area contributed by atoms with Crippen LogP contribution in [0.3, 0.4) is 0 Å². The molecule has 194 valence electrons. The maximum atomic E-state index is 12.9. The van der Waals surface area contributed by atoms with Gasteiger partial charge in [-0.05, 0) is 37.9 Å². The number of aliphatic hydroxyl groups is 1. The van der Waals surface area contributed by atoms with Gasteiger partial charge in [0, 0.05) is 54.7 Å². The standard InChI is InChI=1S/C28H37N3O5/c1-7-26-11-8-13-31-14-12-27(23(26)31)20-10-9-19(35-6)15-21(20)30(5)24(27)28(34,25(26)36-18(4)32)16-29-22(33)17(2)3/h8-11,15,23-25,34H,2,7,12-14,16H2,1,3-6H3,(H,29,33)/t23-,24+,25+,26+,27+,28?/m0/s1. The molecule has 3 aliphatic heterocycles. The molecule has 36 heavy (non-hydrogen) atoms. The Balaban J connectivity index is 1.78. The third-order valence-corrected chi connectivity index (χ3v) is 9.14. The topological polar surface area (TPSA) is 91.3 Å². The minimum absolute atomic E-state index is 0.0172. The third-order valence-electron chi connectivity index (χ3n) is 9.14. The third kappa shape index (κ3) is 3.07. The van der Waals surface area contributed by atoms with Crippen molar-refractivity contribution in [3.05, 3.63) is 48.1 Å². The maximum Gasteiger partial charge on any atom is 0.303 e. The molecular formula is C28H37N3O5. The number of anilines is 1. The van der Waals surface area contributed by atoms with Crippen LogP contribution in [0.1, 0.15) is 39.2 Å². The van der Waals surface area contributed by atoms with Gasteiger partial charge < -0.3 is 24.8 Å². The van der Waals surface area contributed by atoms with Crippen molar-refractivity contribution in [1.82, 2.24) is 10.2 Å². The summed E-state index contributed by atoms with van der Waals surface area (Å²) in [7, 11) is 3.63. The van der Waals surface area contributed by atoms with Crippen LogP contribution in [0.2, 0.25) is 0 Å². The maximum absolute atomic E-state index is 12.9. The summed E-state index contributed by atoms with van der Waals surface area (Å²) in [4.78, 5) is 29.8. The van der Waals surface area contributed by atoms with Gasteiger partial charge in [0.15, 0.2) is 0 Å². The molecule has 5 rings (SSSR count). The van der Waals surface area contributed by atoms with E-state index < -0.39 is 34.5 Å². The van der Waals surface area contributed by atoms with E-state index in [0.29, 0.717) is 12.0 Å². The van der Waals surface area contributed by atoms with Gasteiger partial charge in [0.1, 0.15) is 17.5 Å². The van der Waals surface area contributed by atoms with Gasteiger partial charge in [0.2, 0.25) is 5.91 Å². The first kappa shape index (κ1) is 24.8. The van der Waals surface area contributed by atoms with Crippen LogP contribution < -0.4 is 15.0 Å². The Kier molecular flexibility index (Phi) is 5.76. The van der Waals surface area contributed by atoms with Crippen molar-refractivity contribution >= 4 is 17.6 Å². The van der Waals surface area contributed by atoms with Crippen molar-refractivity contribution < 1.29 is 24.2 Å². The quantitative estimate of drug-likeness (QED) is 0.355. The molecule has 3 heterocycles. The molecule has 1 unspecified atom stereocenters. The van der Waals surface area contributed by atoms with Crippen LogP contribution in [0.15, 0.2) is 42.5 Å². The Bertz CT molecular complexity index is 1150. The van der Waals surface area contributed by atoms with Crippen LogP contribution in [0.25, 0.3) is 0 Å². The lowest BCUT2D eigenvalue weighted by molar-refractivity contribution is -0.217. The Hall–Kier alpha value is -2.84. The Labute approximate surface area is 212 Å². The summed E-state index contributed by atoms with van der Waals surface area (Å²) < 4.78 is 11.6. The molecule has 8 nitrogen and oxygen atoms in total. The number of hydrogen-bond acceptors (Lipinski definition) is 7. The fraction of sp³-hybridized carbons (Fsp3) is 0.571. The molecule has 1 spiro atoms. The van der Waals surface area contributed by atoms with Crippen LogP contribution in [-0.2, 0) is 19.7 Å². The first-order valence-corrected chi connectivity index (χ1v) is 12.7. The monoisotopic (exact) mass is 495 g/mol. The molecule has 1 amide bonds. The fourth-order valence-corrected chi connectivity index (χ4v) is 8.02. The number of esters is 1. The highest BCUT2D eigenvalue weighted by molar-refractivity contribution is 5.92. The van der Waals surface area contributed by atoms with Gasteiger partial charge >= 0.3 is 5.97 Å². The molecule has 0 aromatic heterocycles.